The lowest BCUT2D eigenvalue weighted by atomic mass is 10.1. The number of aliphatic imine (C=N–C) groups is 1. The molecule has 0 radical (unpaired) electrons. The van der Waals surface area contributed by atoms with Crippen molar-refractivity contribution in [3.8, 4) is 28.6 Å². The summed E-state index contributed by atoms with van der Waals surface area (Å²) in [5, 5.41) is 10.4. The molecule has 0 atom stereocenters. The largest absolute Gasteiger partial charge is 0.508 e. The zero-order valence-electron chi connectivity index (χ0n) is 17.8. The van der Waals surface area contributed by atoms with Crippen LogP contribution in [0.15, 0.2) is 59.9 Å². The summed E-state index contributed by atoms with van der Waals surface area (Å²) in [5.41, 5.74) is 5.99. The zero-order valence-corrected chi connectivity index (χ0v) is 17.8. The van der Waals surface area contributed by atoms with Gasteiger partial charge in [0.2, 0.25) is 0 Å². The molecular weight excluding hydrogens is 406 g/mol. The number of aromatic amines is 1. The topological polar surface area (TPSA) is 97.6 Å². The van der Waals surface area contributed by atoms with E-state index in [-0.39, 0.29) is 5.75 Å². The van der Waals surface area contributed by atoms with E-state index >= 15 is 0 Å². The minimum Gasteiger partial charge on any atom is -0.508 e. The maximum Gasteiger partial charge on any atom is 0.257 e. The highest BCUT2D eigenvalue weighted by Gasteiger charge is 2.17. The Morgan fingerprint density at radius 1 is 1.09 bits per heavy atom. The number of rotatable bonds is 5. The average Bonchev–Trinajstić information content (AvgIpc) is 3.39. The van der Waals surface area contributed by atoms with Crippen LogP contribution in [0.3, 0.4) is 0 Å². The number of aromatic hydroxyl groups is 1. The molecule has 0 saturated carbocycles. The summed E-state index contributed by atoms with van der Waals surface area (Å²) in [6.07, 6.45) is 5.56. The second kappa shape index (κ2) is 7.73. The van der Waals surface area contributed by atoms with Crippen molar-refractivity contribution < 1.29 is 14.6 Å². The number of methoxy groups -OCH3 is 2. The van der Waals surface area contributed by atoms with Gasteiger partial charge in [-0.15, -0.1) is 0 Å². The number of fused-ring (bicyclic) bond motifs is 2. The van der Waals surface area contributed by atoms with Crippen molar-refractivity contribution in [3.63, 3.8) is 0 Å². The van der Waals surface area contributed by atoms with Crippen LogP contribution in [-0.4, -0.2) is 45.1 Å². The third-order valence-electron chi connectivity index (χ3n) is 5.36. The van der Waals surface area contributed by atoms with Crippen LogP contribution in [0.25, 0.3) is 33.3 Å². The highest BCUT2D eigenvalue weighted by molar-refractivity contribution is 6.02. The summed E-state index contributed by atoms with van der Waals surface area (Å²) in [4.78, 5) is 17.1. The molecule has 5 rings (SSSR count). The number of aryl methyl sites for hydroxylation is 1. The Hall–Kier alpha value is -4.33. The molecule has 2 N–H and O–H groups in total. The molecule has 0 amide bonds. The minimum absolute atomic E-state index is 0.212. The van der Waals surface area contributed by atoms with Gasteiger partial charge in [0.25, 0.3) is 5.88 Å². The van der Waals surface area contributed by atoms with Crippen LogP contribution in [0.2, 0.25) is 0 Å². The van der Waals surface area contributed by atoms with Crippen LogP contribution in [0, 0.1) is 0 Å². The van der Waals surface area contributed by atoms with Crippen LogP contribution in [-0.2, 0) is 7.05 Å². The summed E-state index contributed by atoms with van der Waals surface area (Å²) in [5.74, 6) is 1.23. The fraction of sp³-hybridized carbons (Fsp3) is 0.125. The van der Waals surface area contributed by atoms with E-state index < -0.39 is 0 Å². The Kier molecular flexibility index (Phi) is 4.74. The number of aromatic nitrogens is 4. The van der Waals surface area contributed by atoms with Crippen molar-refractivity contribution in [3.05, 3.63) is 60.4 Å². The van der Waals surface area contributed by atoms with Gasteiger partial charge >= 0.3 is 0 Å². The molecule has 0 saturated heterocycles. The Bertz CT molecular complexity index is 1470. The predicted octanol–water partition coefficient (Wildman–Crippen LogP) is 4.59. The average molecular weight is 427 g/mol. The second-order valence-electron chi connectivity index (χ2n) is 7.34. The van der Waals surface area contributed by atoms with Gasteiger partial charge in [0, 0.05) is 48.2 Å². The van der Waals surface area contributed by atoms with Gasteiger partial charge < -0.3 is 24.1 Å². The Morgan fingerprint density at radius 3 is 2.66 bits per heavy atom. The van der Waals surface area contributed by atoms with Crippen LogP contribution >= 0.6 is 0 Å². The van der Waals surface area contributed by atoms with Gasteiger partial charge in [0.15, 0.2) is 5.75 Å². The van der Waals surface area contributed by atoms with Crippen molar-refractivity contribution >= 4 is 34.0 Å². The standard InChI is InChI=1S/C24H21N5O3/c1-29-13-18(22-20(29)11-21(31-2)24(28-22)32-3)19-10-17-14(8-9-25-23(17)27-19)12-26-15-4-6-16(30)7-5-15/h4-13,30H,1-3H3,(H,25,27). The molecular formula is C24H21N5O3. The second-order valence-corrected chi connectivity index (χ2v) is 7.34. The van der Waals surface area contributed by atoms with Crippen molar-refractivity contribution in [1.29, 1.82) is 0 Å². The molecule has 0 spiro atoms. The number of phenolic OH excluding ortho intramolecular Hbond substituents is 1. The van der Waals surface area contributed by atoms with Crippen molar-refractivity contribution in [2.24, 2.45) is 12.0 Å². The van der Waals surface area contributed by atoms with Crippen molar-refractivity contribution in [2.75, 3.05) is 14.2 Å². The van der Waals surface area contributed by atoms with E-state index in [2.05, 4.69) is 19.9 Å². The maximum absolute atomic E-state index is 9.45. The van der Waals surface area contributed by atoms with E-state index in [9.17, 15) is 5.11 Å². The van der Waals surface area contributed by atoms with Crippen LogP contribution in [0.5, 0.6) is 17.4 Å². The van der Waals surface area contributed by atoms with E-state index in [0.717, 1.165) is 44.6 Å². The summed E-state index contributed by atoms with van der Waals surface area (Å²) < 4.78 is 12.8. The van der Waals surface area contributed by atoms with Gasteiger partial charge in [-0.25, -0.2) is 9.97 Å². The molecule has 0 fully saturated rings. The van der Waals surface area contributed by atoms with Crippen LogP contribution < -0.4 is 9.47 Å². The molecule has 32 heavy (non-hydrogen) atoms. The summed E-state index contributed by atoms with van der Waals surface area (Å²) in [6, 6.07) is 12.6. The van der Waals surface area contributed by atoms with E-state index in [1.54, 1.807) is 50.9 Å². The van der Waals surface area contributed by atoms with E-state index in [0.29, 0.717) is 11.6 Å². The first-order valence-corrected chi connectivity index (χ1v) is 9.96. The van der Waals surface area contributed by atoms with Crippen molar-refractivity contribution in [2.45, 2.75) is 0 Å². The number of phenols is 1. The van der Waals surface area contributed by atoms with Crippen LogP contribution in [0.1, 0.15) is 5.56 Å². The quantitative estimate of drug-likeness (QED) is 0.400. The van der Waals surface area contributed by atoms with Gasteiger partial charge in [-0.05, 0) is 36.4 Å². The maximum atomic E-state index is 9.45. The zero-order chi connectivity index (χ0) is 22.2. The number of hydrogen-bond donors (Lipinski definition) is 2. The fourth-order valence-electron chi connectivity index (χ4n) is 3.74. The van der Waals surface area contributed by atoms with Gasteiger partial charge in [-0.1, -0.05) is 0 Å². The minimum atomic E-state index is 0.212. The van der Waals surface area contributed by atoms with E-state index in [4.69, 9.17) is 9.47 Å². The molecule has 0 bridgehead atoms. The molecule has 0 aliphatic rings. The Balaban J connectivity index is 1.61. The first-order chi connectivity index (χ1) is 15.6. The van der Waals surface area contributed by atoms with Gasteiger partial charge in [0.05, 0.1) is 31.1 Å². The van der Waals surface area contributed by atoms with Gasteiger partial charge in [-0.3, -0.25) is 4.99 Å². The SMILES string of the molecule is COc1cc2c(nc1OC)c(-c1cc3c(C=Nc4ccc(O)cc4)ccnc3[nH]1)cn2C. The Labute approximate surface area is 183 Å². The normalized spacial score (nSPS) is 11.6. The number of nitrogens with one attached hydrogen (secondary N) is 1. The molecule has 0 unspecified atom stereocenters. The smallest absolute Gasteiger partial charge is 0.257 e. The molecule has 4 aromatic heterocycles. The summed E-state index contributed by atoms with van der Waals surface area (Å²) in [7, 11) is 5.14. The number of ether oxygens (including phenoxy) is 2. The van der Waals surface area contributed by atoms with E-state index in [1.807, 2.05) is 36.0 Å². The lowest BCUT2D eigenvalue weighted by Gasteiger charge is -2.07. The van der Waals surface area contributed by atoms with E-state index in [1.165, 1.54) is 0 Å². The highest BCUT2D eigenvalue weighted by Crippen LogP contribution is 2.36. The number of pyridine rings is 2. The molecule has 8 nitrogen and oxygen atoms in total. The Morgan fingerprint density at radius 2 is 1.91 bits per heavy atom. The molecule has 0 aliphatic heterocycles. The first kappa shape index (κ1) is 19.6. The highest BCUT2D eigenvalue weighted by atomic mass is 16.5. The van der Waals surface area contributed by atoms with Gasteiger partial charge in [-0.2, -0.15) is 0 Å². The number of H-pyrrole nitrogens is 1. The predicted molar refractivity (Wildman–Crippen MR) is 124 cm³/mol. The summed E-state index contributed by atoms with van der Waals surface area (Å²) >= 11 is 0. The third-order valence-corrected chi connectivity index (χ3v) is 5.36. The lowest BCUT2D eigenvalue weighted by molar-refractivity contribution is 0.344. The first-order valence-electron chi connectivity index (χ1n) is 9.96. The van der Waals surface area contributed by atoms with Crippen LogP contribution in [0.4, 0.5) is 5.69 Å². The third kappa shape index (κ3) is 3.31. The fourth-order valence-corrected chi connectivity index (χ4v) is 3.74. The van der Waals surface area contributed by atoms with Crippen molar-refractivity contribution in [1.82, 2.24) is 19.5 Å². The lowest BCUT2D eigenvalue weighted by Crippen LogP contribution is -1.95. The molecule has 5 aromatic rings. The molecule has 160 valence electrons. The van der Waals surface area contributed by atoms with Gasteiger partial charge in [0.1, 0.15) is 16.9 Å². The number of benzene rings is 1. The molecule has 1 aromatic carbocycles. The number of hydrogen-bond acceptors (Lipinski definition) is 6. The monoisotopic (exact) mass is 427 g/mol. The molecule has 4 heterocycles. The number of nitrogens with zero attached hydrogens (tertiary/aromatic N) is 4. The molecule has 8 heteroatoms. The summed E-state index contributed by atoms with van der Waals surface area (Å²) in [6.45, 7) is 0. The molecule has 0 aliphatic carbocycles.